The van der Waals surface area contributed by atoms with E-state index in [1.54, 1.807) is 6.92 Å². The number of aryl methyl sites for hydroxylation is 1. The normalized spacial score (nSPS) is 10.8. The molecular weight excluding hydrogens is 208 g/mol. The highest BCUT2D eigenvalue weighted by atomic mass is 16.5. The monoisotopic (exact) mass is 226 g/mol. The van der Waals surface area contributed by atoms with Crippen molar-refractivity contribution >= 4 is 5.97 Å². The van der Waals surface area contributed by atoms with Crippen molar-refractivity contribution in [3.8, 4) is 0 Å². The summed E-state index contributed by atoms with van der Waals surface area (Å²) >= 11 is 0. The van der Waals surface area contributed by atoms with Crippen LogP contribution in [0.3, 0.4) is 0 Å². The Hall–Kier alpha value is -1.43. The van der Waals surface area contributed by atoms with Gasteiger partial charge in [-0.1, -0.05) is 0 Å². The molecule has 0 atom stereocenters. The molecule has 90 valence electrons. The molecule has 0 aliphatic rings. The number of ether oxygens (including phenoxy) is 1. The van der Waals surface area contributed by atoms with E-state index in [0.29, 0.717) is 13.2 Å². The number of esters is 1. The van der Waals surface area contributed by atoms with Crippen LogP contribution in [0.5, 0.6) is 0 Å². The number of carbonyl (C=O) groups is 1. The van der Waals surface area contributed by atoms with Gasteiger partial charge in [0.05, 0.1) is 19.7 Å². The van der Waals surface area contributed by atoms with Gasteiger partial charge in [0, 0.05) is 7.05 Å². The van der Waals surface area contributed by atoms with Gasteiger partial charge in [-0.2, -0.15) is 0 Å². The minimum absolute atomic E-state index is 0.219. The lowest BCUT2D eigenvalue weighted by molar-refractivity contribution is -0.144. The van der Waals surface area contributed by atoms with Gasteiger partial charge in [0.25, 0.3) is 0 Å². The Kier molecular flexibility index (Phi) is 4.42. The topological polar surface area (TPSA) is 60.2 Å². The number of hydrogen-bond donors (Lipinski definition) is 0. The maximum absolute atomic E-state index is 11.2. The fourth-order valence-electron chi connectivity index (χ4n) is 1.31. The average molecular weight is 226 g/mol. The first-order valence-corrected chi connectivity index (χ1v) is 5.23. The van der Waals surface area contributed by atoms with Gasteiger partial charge >= 0.3 is 5.97 Å². The quantitative estimate of drug-likeness (QED) is 0.667. The minimum Gasteiger partial charge on any atom is -0.465 e. The lowest BCUT2D eigenvalue weighted by Gasteiger charge is -2.14. The zero-order valence-corrected chi connectivity index (χ0v) is 10.2. The highest BCUT2D eigenvalue weighted by Crippen LogP contribution is 2.01. The van der Waals surface area contributed by atoms with Crippen LogP contribution >= 0.6 is 0 Å². The van der Waals surface area contributed by atoms with Crippen molar-refractivity contribution in [2.45, 2.75) is 20.4 Å². The molecule has 0 aromatic carbocycles. The van der Waals surface area contributed by atoms with Gasteiger partial charge in [0.2, 0.25) is 0 Å². The molecule has 0 N–H and O–H groups in total. The highest BCUT2D eigenvalue weighted by Gasteiger charge is 2.11. The van der Waals surface area contributed by atoms with Gasteiger partial charge in [0.15, 0.2) is 0 Å². The molecule has 6 nitrogen and oxygen atoms in total. The Morgan fingerprint density at radius 3 is 2.69 bits per heavy atom. The molecule has 0 spiro atoms. The predicted molar refractivity (Wildman–Crippen MR) is 58.7 cm³/mol. The summed E-state index contributed by atoms with van der Waals surface area (Å²) < 4.78 is 6.77. The van der Waals surface area contributed by atoms with Crippen LogP contribution in [0.1, 0.15) is 18.6 Å². The Morgan fingerprint density at radius 2 is 2.19 bits per heavy atom. The number of hydrogen-bond acceptors (Lipinski definition) is 5. The molecule has 0 saturated carbocycles. The van der Waals surface area contributed by atoms with E-state index in [-0.39, 0.29) is 12.5 Å². The molecule has 16 heavy (non-hydrogen) atoms. The van der Waals surface area contributed by atoms with Crippen molar-refractivity contribution in [1.29, 1.82) is 0 Å². The highest BCUT2D eigenvalue weighted by molar-refractivity contribution is 5.71. The number of likely N-dealkylation sites (N-methyl/N-ethyl adjacent to an activating group) is 1. The summed E-state index contributed by atoms with van der Waals surface area (Å²) in [5, 5.41) is 7.98. The molecule has 0 saturated heterocycles. The SMILES string of the molecule is CCOC(=O)CN(C)Cc1nnc(C)n1C. The van der Waals surface area contributed by atoms with Crippen LogP contribution in [0.25, 0.3) is 0 Å². The maximum atomic E-state index is 11.2. The van der Waals surface area contributed by atoms with Gasteiger partial charge in [-0.25, -0.2) is 0 Å². The number of carbonyl (C=O) groups excluding carboxylic acids is 1. The lowest BCUT2D eigenvalue weighted by atomic mass is 10.5. The van der Waals surface area contributed by atoms with Crippen molar-refractivity contribution in [2.75, 3.05) is 20.2 Å². The Balaban J connectivity index is 2.48. The van der Waals surface area contributed by atoms with Crippen LogP contribution in [0, 0.1) is 6.92 Å². The van der Waals surface area contributed by atoms with Crippen LogP contribution in [0.4, 0.5) is 0 Å². The fraction of sp³-hybridized carbons (Fsp3) is 0.700. The summed E-state index contributed by atoms with van der Waals surface area (Å²) in [7, 11) is 3.75. The van der Waals surface area contributed by atoms with Gasteiger partial charge in [-0.15, -0.1) is 10.2 Å². The summed E-state index contributed by atoms with van der Waals surface area (Å²) in [4.78, 5) is 13.1. The van der Waals surface area contributed by atoms with E-state index in [0.717, 1.165) is 11.6 Å². The largest absolute Gasteiger partial charge is 0.465 e. The summed E-state index contributed by atoms with van der Waals surface area (Å²) in [6.07, 6.45) is 0. The van der Waals surface area contributed by atoms with Crippen LogP contribution in [-0.4, -0.2) is 45.8 Å². The second kappa shape index (κ2) is 5.60. The number of rotatable bonds is 5. The molecule has 0 fully saturated rings. The van der Waals surface area contributed by atoms with Crippen molar-refractivity contribution in [1.82, 2.24) is 19.7 Å². The summed E-state index contributed by atoms with van der Waals surface area (Å²) in [6, 6.07) is 0. The summed E-state index contributed by atoms with van der Waals surface area (Å²) in [5.74, 6) is 1.48. The second-order valence-corrected chi connectivity index (χ2v) is 3.70. The van der Waals surface area contributed by atoms with Gasteiger partial charge in [0.1, 0.15) is 11.6 Å². The number of aromatic nitrogens is 3. The Labute approximate surface area is 95.2 Å². The van der Waals surface area contributed by atoms with E-state index in [1.807, 2.05) is 30.5 Å². The van der Waals surface area contributed by atoms with Crippen LogP contribution in [-0.2, 0) is 23.1 Å². The van der Waals surface area contributed by atoms with Crippen LogP contribution in [0.15, 0.2) is 0 Å². The minimum atomic E-state index is -0.219. The molecule has 1 aromatic heterocycles. The van der Waals surface area contributed by atoms with Gasteiger partial charge < -0.3 is 9.30 Å². The van der Waals surface area contributed by atoms with Gasteiger partial charge in [-0.05, 0) is 20.9 Å². The zero-order valence-electron chi connectivity index (χ0n) is 10.2. The molecule has 0 amide bonds. The third-order valence-electron chi connectivity index (χ3n) is 2.30. The zero-order chi connectivity index (χ0) is 12.1. The molecule has 0 bridgehead atoms. The van der Waals surface area contributed by atoms with Crippen molar-refractivity contribution in [3.05, 3.63) is 11.6 Å². The van der Waals surface area contributed by atoms with Crippen molar-refractivity contribution in [2.24, 2.45) is 7.05 Å². The molecule has 1 heterocycles. The van der Waals surface area contributed by atoms with E-state index >= 15 is 0 Å². The Morgan fingerprint density at radius 1 is 1.50 bits per heavy atom. The van der Waals surface area contributed by atoms with E-state index in [9.17, 15) is 4.79 Å². The third kappa shape index (κ3) is 3.30. The van der Waals surface area contributed by atoms with Crippen LogP contribution in [0.2, 0.25) is 0 Å². The first kappa shape index (κ1) is 12.6. The first-order valence-electron chi connectivity index (χ1n) is 5.23. The van der Waals surface area contributed by atoms with E-state index in [2.05, 4.69) is 10.2 Å². The molecule has 0 radical (unpaired) electrons. The standard InChI is InChI=1S/C10H18N4O2/c1-5-16-10(15)7-13(3)6-9-12-11-8(2)14(9)4/h5-7H2,1-4H3. The predicted octanol–water partition coefficient (Wildman–Crippen LogP) is 0.118. The summed E-state index contributed by atoms with van der Waals surface area (Å²) in [6.45, 7) is 4.94. The molecular formula is C10H18N4O2. The Bertz CT molecular complexity index is 362. The summed E-state index contributed by atoms with van der Waals surface area (Å²) in [5.41, 5.74) is 0. The van der Waals surface area contributed by atoms with Crippen molar-refractivity contribution in [3.63, 3.8) is 0 Å². The third-order valence-corrected chi connectivity index (χ3v) is 2.30. The molecule has 6 heteroatoms. The molecule has 1 aromatic rings. The maximum Gasteiger partial charge on any atom is 0.320 e. The first-order chi connectivity index (χ1) is 7.54. The van der Waals surface area contributed by atoms with E-state index in [1.165, 1.54) is 0 Å². The van der Waals surface area contributed by atoms with Gasteiger partial charge in [-0.3, -0.25) is 9.69 Å². The molecule has 0 aliphatic carbocycles. The molecule has 0 aliphatic heterocycles. The van der Waals surface area contributed by atoms with Crippen LogP contribution < -0.4 is 0 Å². The molecule has 1 rings (SSSR count). The fourth-order valence-corrected chi connectivity index (χ4v) is 1.31. The van der Waals surface area contributed by atoms with E-state index in [4.69, 9.17) is 4.74 Å². The smallest absolute Gasteiger partial charge is 0.320 e. The van der Waals surface area contributed by atoms with Crippen molar-refractivity contribution < 1.29 is 9.53 Å². The molecule has 0 unspecified atom stereocenters. The lowest BCUT2D eigenvalue weighted by Crippen LogP contribution is -2.28. The average Bonchev–Trinajstić information content (AvgIpc) is 2.50. The second-order valence-electron chi connectivity index (χ2n) is 3.70. The number of nitrogens with zero attached hydrogens (tertiary/aromatic N) is 4. The van der Waals surface area contributed by atoms with E-state index < -0.39 is 0 Å².